The first-order valence-electron chi connectivity index (χ1n) is 5.29. The van der Waals surface area contributed by atoms with Crippen LogP contribution in [0.3, 0.4) is 0 Å². The van der Waals surface area contributed by atoms with Crippen LogP contribution in [0.2, 0.25) is 19.6 Å². The van der Waals surface area contributed by atoms with Crippen LogP contribution in [-0.4, -0.2) is 8.32 Å². The van der Waals surface area contributed by atoms with Crippen molar-refractivity contribution in [2.24, 2.45) is 0 Å². The molecule has 0 saturated carbocycles. The van der Waals surface area contributed by atoms with Crippen LogP contribution in [0.4, 0.5) is 0 Å². The Bertz CT molecular complexity index is 271. The molecule has 1 aromatic rings. The Morgan fingerprint density at radius 3 is 2.07 bits per heavy atom. The molecule has 0 unspecified atom stereocenters. The molecule has 78 valence electrons. The topological polar surface area (TPSA) is 9.23 Å². The van der Waals surface area contributed by atoms with E-state index in [-0.39, 0.29) is 0 Å². The summed E-state index contributed by atoms with van der Waals surface area (Å²) in [5.74, 6) is 1.02. The number of aryl methyl sites for hydroxylation is 1. The van der Waals surface area contributed by atoms with Gasteiger partial charge in [0.1, 0.15) is 5.75 Å². The van der Waals surface area contributed by atoms with Gasteiger partial charge in [0, 0.05) is 0 Å². The molecular formula is C12H20OSi. The maximum Gasteiger partial charge on any atom is 0.242 e. The van der Waals surface area contributed by atoms with Gasteiger partial charge in [-0.05, 0) is 43.8 Å². The van der Waals surface area contributed by atoms with E-state index in [4.69, 9.17) is 4.43 Å². The lowest BCUT2D eigenvalue weighted by Gasteiger charge is -2.19. The van der Waals surface area contributed by atoms with Crippen molar-refractivity contribution in [1.29, 1.82) is 0 Å². The highest BCUT2D eigenvalue weighted by molar-refractivity contribution is 6.70. The zero-order valence-corrected chi connectivity index (χ0v) is 10.6. The number of rotatable bonds is 4. The molecule has 1 aromatic carbocycles. The highest BCUT2D eigenvalue weighted by Crippen LogP contribution is 2.17. The van der Waals surface area contributed by atoms with E-state index in [9.17, 15) is 0 Å². The lowest BCUT2D eigenvalue weighted by molar-refractivity contribution is 0.557. The predicted molar refractivity (Wildman–Crippen MR) is 64.4 cm³/mol. The molecule has 0 fully saturated rings. The molecule has 0 aliphatic carbocycles. The lowest BCUT2D eigenvalue weighted by Crippen LogP contribution is -2.29. The minimum absolute atomic E-state index is 1.02. The normalized spacial score (nSPS) is 11.4. The SMILES string of the molecule is CCCc1ccc(O[Si](C)(C)C)cc1. The second kappa shape index (κ2) is 4.65. The van der Waals surface area contributed by atoms with E-state index in [0.717, 1.165) is 12.2 Å². The van der Waals surface area contributed by atoms with Gasteiger partial charge in [-0.2, -0.15) is 0 Å². The van der Waals surface area contributed by atoms with Gasteiger partial charge in [-0.1, -0.05) is 25.5 Å². The molecule has 0 aromatic heterocycles. The number of hydrogen-bond donors (Lipinski definition) is 0. The van der Waals surface area contributed by atoms with Crippen LogP contribution in [0.1, 0.15) is 18.9 Å². The first-order chi connectivity index (χ1) is 6.51. The van der Waals surface area contributed by atoms with Crippen LogP contribution in [0.25, 0.3) is 0 Å². The molecule has 1 nitrogen and oxygen atoms in total. The van der Waals surface area contributed by atoms with E-state index in [2.05, 4.69) is 50.8 Å². The van der Waals surface area contributed by atoms with Gasteiger partial charge in [0.05, 0.1) is 0 Å². The van der Waals surface area contributed by atoms with Gasteiger partial charge in [0.25, 0.3) is 0 Å². The summed E-state index contributed by atoms with van der Waals surface area (Å²) in [7, 11) is -1.43. The maximum atomic E-state index is 5.87. The minimum Gasteiger partial charge on any atom is -0.544 e. The molecule has 0 radical (unpaired) electrons. The van der Waals surface area contributed by atoms with Crippen LogP contribution in [-0.2, 0) is 6.42 Å². The second-order valence-electron chi connectivity index (χ2n) is 4.61. The van der Waals surface area contributed by atoms with Crippen LogP contribution in [0.15, 0.2) is 24.3 Å². The van der Waals surface area contributed by atoms with Crippen molar-refractivity contribution in [2.45, 2.75) is 39.4 Å². The Morgan fingerprint density at radius 2 is 1.64 bits per heavy atom. The molecule has 1 rings (SSSR count). The first-order valence-corrected chi connectivity index (χ1v) is 8.70. The third kappa shape index (κ3) is 3.96. The zero-order valence-electron chi connectivity index (χ0n) is 9.63. The summed E-state index contributed by atoms with van der Waals surface area (Å²) in [5, 5.41) is 0. The summed E-state index contributed by atoms with van der Waals surface area (Å²) in [4.78, 5) is 0. The summed E-state index contributed by atoms with van der Waals surface area (Å²) in [6, 6.07) is 8.50. The van der Waals surface area contributed by atoms with Crippen molar-refractivity contribution < 1.29 is 4.43 Å². The summed E-state index contributed by atoms with van der Waals surface area (Å²) >= 11 is 0. The molecule has 14 heavy (non-hydrogen) atoms. The second-order valence-corrected chi connectivity index (χ2v) is 9.04. The quantitative estimate of drug-likeness (QED) is 0.683. The summed E-state index contributed by atoms with van der Waals surface area (Å²) in [6.45, 7) is 8.80. The Labute approximate surface area is 88.2 Å². The van der Waals surface area contributed by atoms with E-state index < -0.39 is 8.32 Å². The van der Waals surface area contributed by atoms with Crippen molar-refractivity contribution in [2.75, 3.05) is 0 Å². The van der Waals surface area contributed by atoms with Crippen molar-refractivity contribution in [3.8, 4) is 5.75 Å². The van der Waals surface area contributed by atoms with Gasteiger partial charge >= 0.3 is 0 Å². The van der Waals surface area contributed by atoms with E-state index in [1.807, 2.05) is 0 Å². The lowest BCUT2D eigenvalue weighted by atomic mass is 10.1. The fourth-order valence-electron chi connectivity index (χ4n) is 1.37. The van der Waals surface area contributed by atoms with E-state index in [1.54, 1.807) is 0 Å². The number of benzene rings is 1. The molecule has 0 atom stereocenters. The predicted octanol–water partition coefficient (Wildman–Crippen LogP) is 3.85. The van der Waals surface area contributed by atoms with E-state index in [0.29, 0.717) is 0 Å². The molecule has 0 aliphatic heterocycles. The van der Waals surface area contributed by atoms with Gasteiger partial charge in [-0.25, -0.2) is 0 Å². The minimum atomic E-state index is -1.43. The van der Waals surface area contributed by atoms with Crippen LogP contribution in [0.5, 0.6) is 5.75 Å². The van der Waals surface area contributed by atoms with Gasteiger partial charge in [-0.3, -0.25) is 0 Å². The van der Waals surface area contributed by atoms with E-state index in [1.165, 1.54) is 12.0 Å². The molecule has 0 amide bonds. The third-order valence-corrected chi connectivity index (χ3v) is 2.73. The molecule has 0 heterocycles. The molecule has 0 spiro atoms. The Kier molecular flexibility index (Phi) is 3.75. The first kappa shape index (κ1) is 11.3. The summed E-state index contributed by atoms with van der Waals surface area (Å²) in [6.07, 6.45) is 2.36. The Balaban J connectivity index is 2.64. The summed E-state index contributed by atoms with van der Waals surface area (Å²) in [5.41, 5.74) is 1.40. The molecule has 0 bridgehead atoms. The molecular weight excluding hydrogens is 188 g/mol. The van der Waals surface area contributed by atoms with Crippen LogP contribution in [0, 0.1) is 0 Å². The van der Waals surface area contributed by atoms with Crippen molar-refractivity contribution in [3.63, 3.8) is 0 Å². The molecule has 0 N–H and O–H groups in total. The average molecular weight is 208 g/mol. The van der Waals surface area contributed by atoms with Crippen LogP contribution < -0.4 is 4.43 Å². The zero-order chi connectivity index (χ0) is 10.6. The Morgan fingerprint density at radius 1 is 1.07 bits per heavy atom. The van der Waals surface area contributed by atoms with Crippen molar-refractivity contribution >= 4 is 8.32 Å². The van der Waals surface area contributed by atoms with Crippen LogP contribution >= 0.6 is 0 Å². The van der Waals surface area contributed by atoms with Gasteiger partial charge in [0.2, 0.25) is 8.32 Å². The van der Waals surface area contributed by atoms with Gasteiger partial charge < -0.3 is 4.43 Å². The fourth-order valence-corrected chi connectivity index (χ4v) is 2.21. The van der Waals surface area contributed by atoms with Gasteiger partial charge in [0.15, 0.2) is 0 Å². The smallest absolute Gasteiger partial charge is 0.242 e. The summed E-state index contributed by atoms with van der Waals surface area (Å²) < 4.78 is 5.87. The van der Waals surface area contributed by atoms with Crippen molar-refractivity contribution in [3.05, 3.63) is 29.8 Å². The maximum absolute atomic E-state index is 5.87. The Hall–Kier alpha value is -0.763. The third-order valence-electron chi connectivity index (χ3n) is 1.89. The highest BCUT2D eigenvalue weighted by atomic mass is 28.4. The average Bonchev–Trinajstić information content (AvgIpc) is 2.06. The number of hydrogen-bond acceptors (Lipinski definition) is 1. The standard InChI is InChI=1S/C12H20OSi/c1-5-6-11-7-9-12(10-8-11)13-14(2,3)4/h7-10H,5-6H2,1-4H3. The monoisotopic (exact) mass is 208 g/mol. The molecule has 0 saturated heterocycles. The van der Waals surface area contributed by atoms with E-state index >= 15 is 0 Å². The van der Waals surface area contributed by atoms with Gasteiger partial charge in [-0.15, -0.1) is 0 Å². The molecule has 2 heteroatoms. The van der Waals surface area contributed by atoms with Crippen molar-refractivity contribution in [1.82, 2.24) is 0 Å². The largest absolute Gasteiger partial charge is 0.544 e. The fraction of sp³-hybridized carbons (Fsp3) is 0.500. The highest BCUT2D eigenvalue weighted by Gasteiger charge is 2.15. The molecule has 0 aliphatic rings.